The summed E-state index contributed by atoms with van der Waals surface area (Å²) >= 11 is 2.92. The van der Waals surface area contributed by atoms with E-state index in [4.69, 9.17) is 15.1 Å². The Morgan fingerprint density at radius 1 is 1.44 bits per heavy atom. The van der Waals surface area contributed by atoms with Crippen LogP contribution in [0.1, 0.15) is 36.2 Å². The van der Waals surface area contributed by atoms with Gasteiger partial charge in [0.2, 0.25) is 0 Å². The predicted molar refractivity (Wildman–Crippen MR) is 69.2 cm³/mol. The van der Waals surface area contributed by atoms with Crippen molar-refractivity contribution in [1.82, 2.24) is 5.32 Å². The Kier molecular flexibility index (Phi) is 4.03. The Morgan fingerprint density at radius 3 is 2.56 bits per heavy atom. The molecular weight excluding hydrogens is 346 g/mol. The molecule has 1 saturated carbocycles. The summed E-state index contributed by atoms with van der Waals surface area (Å²) in [6.45, 7) is 0. The van der Waals surface area contributed by atoms with E-state index < -0.39 is 15.0 Å². The smallest absolute Gasteiger partial charge is 0.287 e. The highest BCUT2D eigenvalue weighted by molar-refractivity contribution is 9.10. The van der Waals surface area contributed by atoms with Crippen LogP contribution >= 0.6 is 26.6 Å². The molecule has 1 aliphatic carbocycles. The SMILES string of the molecule is O=C(NC1CCCC1)c1cc(S(=O)(=O)Cl)c(Br)o1. The Morgan fingerprint density at radius 2 is 2.06 bits per heavy atom. The summed E-state index contributed by atoms with van der Waals surface area (Å²) in [5.74, 6) is -0.484. The lowest BCUT2D eigenvalue weighted by Crippen LogP contribution is -2.32. The van der Waals surface area contributed by atoms with Crippen LogP contribution < -0.4 is 5.32 Å². The molecule has 0 atom stereocenters. The second-order valence-electron chi connectivity index (χ2n) is 4.14. The Labute approximate surface area is 117 Å². The van der Waals surface area contributed by atoms with Crippen molar-refractivity contribution >= 4 is 41.6 Å². The third-order valence-electron chi connectivity index (χ3n) is 2.83. The first kappa shape index (κ1) is 13.9. The van der Waals surface area contributed by atoms with Crippen molar-refractivity contribution in [2.45, 2.75) is 36.6 Å². The first-order valence-electron chi connectivity index (χ1n) is 5.43. The molecule has 0 spiro atoms. The van der Waals surface area contributed by atoms with E-state index in [1.165, 1.54) is 0 Å². The number of halogens is 2. The van der Waals surface area contributed by atoms with E-state index in [0.29, 0.717) is 0 Å². The van der Waals surface area contributed by atoms with E-state index in [1.807, 2.05) is 0 Å². The van der Waals surface area contributed by atoms with Crippen LogP contribution in [0, 0.1) is 0 Å². The van der Waals surface area contributed by atoms with Gasteiger partial charge in [0.1, 0.15) is 4.90 Å². The fraction of sp³-hybridized carbons (Fsp3) is 0.500. The van der Waals surface area contributed by atoms with Gasteiger partial charge in [0.15, 0.2) is 10.4 Å². The molecular formula is C10H11BrClNO4S. The van der Waals surface area contributed by atoms with Crippen molar-refractivity contribution in [1.29, 1.82) is 0 Å². The maximum absolute atomic E-state index is 11.8. The van der Waals surface area contributed by atoms with E-state index in [9.17, 15) is 13.2 Å². The summed E-state index contributed by atoms with van der Waals surface area (Å²) in [6.07, 6.45) is 4.06. The number of rotatable bonds is 3. The molecule has 1 heterocycles. The number of carbonyl (C=O) groups excluding carboxylic acids is 1. The fourth-order valence-corrected chi connectivity index (χ4v) is 3.99. The molecule has 5 nitrogen and oxygen atoms in total. The first-order chi connectivity index (χ1) is 8.38. The van der Waals surface area contributed by atoms with Crippen LogP contribution in [0.4, 0.5) is 0 Å². The molecule has 0 bridgehead atoms. The molecule has 8 heteroatoms. The quantitative estimate of drug-likeness (QED) is 0.845. The molecule has 0 aliphatic heterocycles. The van der Waals surface area contributed by atoms with Crippen LogP contribution in [0.5, 0.6) is 0 Å². The molecule has 1 aromatic rings. The zero-order valence-corrected chi connectivity index (χ0v) is 12.4. The van der Waals surface area contributed by atoms with Crippen molar-refractivity contribution in [2.24, 2.45) is 0 Å². The highest BCUT2D eigenvalue weighted by atomic mass is 79.9. The monoisotopic (exact) mass is 355 g/mol. The highest BCUT2D eigenvalue weighted by Crippen LogP contribution is 2.29. The van der Waals surface area contributed by atoms with Gasteiger partial charge in [0.25, 0.3) is 15.0 Å². The van der Waals surface area contributed by atoms with Gasteiger partial charge >= 0.3 is 0 Å². The van der Waals surface area contributed by atoms with Crippen LogP contribution in [0.25, 0.3) is 0 Å². The summed E-state index contributed by atoms with van der Waals surface area (Å²) in [6, 6.07) is 1.26. The average Bonchev–Trinajstić information content (AvgIpc) is 2.85. The fourth-order valence-electron chi connectivity index (χ4n) is 1.96. The minimum absolute atomic E-state index is 0.0610. The molecule has 0 radical (unpaired) electrons. The van der Waals surface area contributed by atoms with Gasteiger partial charge < -0.3 is 9.73 Å². The first-order valence-corrected chi connectivity index (χ1v) is 8.53. The van der Waals surface area contributed by atoms with Crippen molar-refractivity contribution in [3.05, 3.63) is 16.5 Å². The van der Waals surface area contributed by atoms with E-state index in [2.05, 4.69) is 21.2 Å². The maximum Gasteiger partial charge on any atom is 0.287 e. The second kappa shape index (κ2) is 5.22. The topological polar surface area (TPSA) is 76.4 Å². The average molecular weight is 357 g/mol. The molecule has 2 rings (SSSR count). The largest absolute Gasteiger partial charge is 0.443 e. The van der Waals surface area contributed by atoms with E-state index in [0.717, 1.165) is 31.7 Å². The molecule has 1 aromatic heterocycles. The predicted octanol–water partition coefficient (Wildman–Crippen LogP) is 2.64. The van der Waals surface area contributed by atoms with E-state index >= 15 is 0 Å². The van der Waals surface area contributed by atoms with Crippen molar-refractivity contribution in [2.75, 3.05) is 0 Å². The maximum atomic E-state index is 11.8. The summed E-state index contributed by atoms with van der Waals surface area (Å²) in [5, 5.41) is 2.80. The zero-order valence-electron chi connectivity index (χ0n) is 9.28. The molecule has 0 saturated heterocycles. The van der Waals surface area contributed by atoms with Gasteiger partial charge in [-0.25, -0.2) is 8.42 Å². The molecule has 100 valence electrons. The molecule has 0 aromatic carbocycles. The van der Waals surface area contributed by atoms with E-state index in [-0.39, 0.29) is 21.4 Å². The van der Waals surface area contributed by atoms with Gasteiger partial charge in [-0.15, -0.1) is 0 Å². The third kappa shape index (κ3) is 3.07. The standard InChI is InChI=1S/C10H11BrClNO4S/c11-9-8(18(12,15)16)5-7(17-9)10(14)13-6-3-1-2-4-6/h5-6H,1-4H2,(H,13,14). The third-order valence-corrected chi connectivity index (χ3v) is 5.01. The molecule has 1 fully saturated rings. The summed E-state index contributed by atoms with van der Waals surface area (Å²) in [5.41, 5.74) is 0. The second-order valence-corrected chi connectivity index (χ2v) is 7.40. The van der Waals surface area contributed by atoms with Crippen LogP contribution in [-0.4, -0.2) is 20.4 Å². The molecule has 1 amide bonds. The summed E-state index contributed by atoms with van der Waals surface area (Å²) in [7, 11) is 1.28. The zero-order chi connectivity index (χ0) is 13.3. The molecule has 1 aliphatic rings. The molecule has 18 heavy (non-hydrogen) atoms. The number of furan rings is 1. The van der Waals surface area contributed by atoms with Crippen molar-refractivity contribution in [3.8, 4) is 0 Å². The number of nitrogens with one attached hydrogen (secondary N) is 1. The molecule has 0 unspecified atom stereocenters. The van der Waals surface area contributed by atoms with Gasteiger partial charge in [0, 0.05) is 22.8 Å². The van der Waals surface area contributed by atoms with Crippen molar-refractivity contribution < 1.29 is 17.6 Å². The van der Waals surface area contributed by atoms with Gasteiger partial charge in [-0.3, -0.25) is 4.79 Å². The van der Waals surface area contributed by atoms with Gasteiger partial charge in [0.05, 0.1) is 0 Å². The minimum atomic E-state index is -3.92. The number of hydrogen-bond acceptors (Lipinski definition) is 4. The van der Waals surface area contributed by atoms with Crippen LogP contribution in [0.15, 0.2) is 20.0 Å². The summed E-state index contributed by atoms with van der Waals surface area (Å²) in [4.78, 5) is 11.6. The highest BCUT2D eigenvalue weighted by Gasteiger charge is 2.25. The van der Waals surface area contributed by atoms with Crippen LogP contribution in [-0.2, 0) is 9.05 Å². The summed E-state index contributed by atoms with van der Waals surface area (Å²) < 4.78 is 27.3. The van der Waals surface area contributed by atoms with E-state index in [1.54, 1.807) is 0 Å². The minimum Gasteiger partial charge on any atom is -0.443 e. The Balaban J connectivity index is 2.16. The number of amides is 1. The lowest BCUT2D eigenvalue weighted by atomic mass is 10.2. The Hall–Kier alpha value is -0.530. The Bertz CT molecular complexity index is 562. The van der Waals surface area contributed by atoms with Gasteiger partial charge in [-0.05, 0) is 28.8 Å². The van der Waals surface area contributed by atoms with Gasteiger partial charge in [-0.2, -0.15) is 0 Å². The number of hydrogen-bond donors (Lipinski definition) is 1. The van der Waals surface area contributed by atoms with Crippen molar-refractivity contribution in [3.63, 3.8) is 0 Å². The lowest BCUT2D eigenvalue weighted by Gasteiger charge is -2.09. The lowest BCUT2D eigenvalue weighted by molar-refractivity contribution is 0.0908. The van der Waals surface area contributed by atoms with Crippen LogP contribution in [0.2, 0.25) is 0 Å². The normalized spacial score (nSPS) is 17.0. The van der Waals surface area contributed by atoms with Gasteiger partial charge in [-0.1, -0.05) is 12.8 Å². The van der Waals surface area contributed by atoms with Crippen LogP contribution in [0.3, 0.4) is 0 Å². The number of carbonyl (C=O) groups is 1. The molecule has 1 N–H and O–H groups in total.